The van der Waals surface area contributed by atoms with Gasteiger partial charge in [-0.3, -0.25) is 10.1 Å². The minimum Gasteiger partial charge on any atom is -0.508 e. The summed E-state index contributed by atoms with van der Waals surface area (Å²) in [5, 5.41) is 31.7. The third-order valence-corrected chi connectivity index (χ3v) is 5.54. The van der Waals surface area contributed by atoms with Gasteiger partial charge in [0.2, 0.25) is 0 Å². The molecule has 156 valence electrons. The Labute approximate surface area is 180 Å². The zero-order valence-corrected chi connectivity index (χ0v) is 16.9. The molecule has 0 aliphatic heterocycles. The molecule has 0 bridgehead atoms. The average molecular weight is 436 g/mol. The van der Waals surface area contributed by atoms with Crippen molar-refractivity contribution in [2.75, 3.05) is 5.32 Å². The van der Waals surface area contributed by atoms with E-state index in [9.17, 15) is 24.5 Å². The molecular formula is C23H17FN2O4S. The van der Waals surface area contributed by atoms with Crippen LogP contribution in [-0.4, -0.2) is 26.2 Å². The Morgan fingerprint density at radius 2 is 1.65 bits per heavy atom. The molecule has 0 saturated heterocycles. The number of aromatic hydroxyl groups is 3. The summed E-state index contributed by atoms with van der Waals surface area (Å²) >= 11 is 1.28. The van der Waals surface area contributed by atoms with E-state index in [2.05, 4.69) is 10.3 Å². The van der Waals surface area contributed by atoms with Crippen molar-refractivity contribution in [3.05, 3.63) is 88.6 Å². The number of hydrogen-bond donors (Lipinski definition) is 4. The molecule has 4 rings (SSSR count). The Balaban J connectivity index is 1.66. The first kappa shape index (κ1) is 20.4. The molecule has 31 heavy (non-hydrogen) atoms. The zero-order chi connectivity index (χ0) is 22.0. The Kier molecular flexibility index (Phi) is 5.55. The van der Waals surface area contributed by atoms with Crippen LogP contribution in [0.25, 0.3) is 11.3 Å². The van der Waals surface area contributed by atoms with E-state index in [4.69, 9.17) is 0 Å². The fourth-order valence-corrected chi connectivity index (χ4v) is 4.00. The Hall–Kier alpha value is -3.91. The molecule has 0 radical (unpaired) electrons. The highest BCUT2D eigenvalue weighted by Gasteiger charge is 2.17. The van der Waals surface area contributed by atoms with Gasteiger partial charge in [0, 0.05) is 22.4 Å². The number of thiazole rings is 1. The van der Waals surface area contributed by atoms with Crippen LogP contribution < -0.4 is 5.32 Å². The second-order valence-electron chi connectivity index (χ2n) is 6.80. The number of rotatable bonds is 5. The number of amides is 1. The van der Waals surface area contributed by atoms with Crippen molar-refractivity contribution >= 4 is 22.4 Å². The van der Waals surface area contributed by atoms with Crippen molar-refractivity contribution in [2.45, 2.75) is 6.42 Å². The Bertz CT molecular complexity index is 1240. The molecule has 6 nitrogen and oxygen atoms in total. The predicted octanol–water partition coefficient (Wildman–Crippen LogP) is 4.91. The summed E-state index contributed by atoms with van der Waals surface area (Å²) in [7, 11) is 0. The number of hydrogen-bond acceptors (Lipinski definition) is 6. The molecule has 0 aliphatic rings. The quantitative estimate of drug-likeness (QED) is 0.333. The van der Waals surface area contributed by atoms with Crippen LogP contribution in [0.3, 0.4) is 0 Å². The van der Waals surface area contributed by atoms with Gasteiger partial charge in [0.1, 0.15) is 11.6 Å². The van der Waals surface area contributed by atoms with Crippen LogP contribution in [0.4, 0.5) is 9.52 Å². The number of halogens is 1. The SMILES string of the molecule is O=C(Nc1nc(-c2ccc(O)cc2)c(Cc2ccc(F)cc2)s1)c1ccc(O)c(O)c1. The molecule has 1 heterocycles. The van der Waals surface area contributed by atoms with Gasteiger partial charge in [0.25, 0.3) is 5.91 Å². The third kappa shape index (κ3) is 4.65. The van der Waals surface area contributed by atoms with Gasteiger partial charge in [-0.1, -0.05) is 12.1 Å². The predicted molar refractivity (Wildman–Crippen MR) is 116 cm³/mol. The molecule has 0 atom stereocenters. The van der Waals surface area contributed by atoms with Gasteiger partial charge in [-0.25, -0.2) is 9.37 Å². The first-order chi connectivity index (χ1) is 14.9. The van der Waals surface area contributed by atoms with Crippen LogP contribution in [0.2, 0.25) is 0 Å². The van der Waals surface area contributed by atoms with E-state index >= 15 is 0 Å². The summed E-state index contributed by atoms with van der Waals surface area (Å²) in [6.45, 7) is 0. The number of benzene rings is 3. The number of nitrogens with zero attached hydrogens (tertiary/aromatic N) is 1. The van der Waals surface area contributed by atoms with E-state index in [-0.39, 0.29) is 22.9 Å². The number of anilines is 1. The molecule has 0 unspecified atom stereocenters. The van der Waals surface area contributed by atoms with Gasteiger partial charge in [-0.2, -0.15) is 0 Å². The van der Waals surface area contributed by atoms with Gasteiger partial charge in [-0.15, -0.1) is 11.3 Å². The number of carbonyl (C=O) groups excluding carboxylic acids is 1. The van der Waals surface area contributed by atoms with Gasteiger partial charge in [0.05, 0.1) is 5.69 Å². The van der Waals surface area contributed by atoms with E-state index in [1.807, 2.05) is 0 Å². The Morgan fingerprint density at radius 1 is 0.935 bits per heavy atom. The summed E-state index contributed by atoms with van der Waals surface area (Å²) < 4.78 is 13.3. The molecule has 4 aromatic rings. The second kappa shape index (κ2) is 8.45. The van der Waals surface area contributed by atoms with Crippen molar-refractivity contribution in [3.63, 3.8) is 0 Å². The van der Waals surface area contributed by atoms with Crippen molar-refractivity contribution < 1.29 is 24.5 Å². The maximum Gasteiger partial charge on any atom is 0.257 e. The van der Waals surface area contributed by atoms with Crippen LogP contribution in [0.5, 0.6) is 17.2 Å². The minimum absolute atomic E-state index is 0.125. The van der Waals surface area contributed by atoms with Crippen molar-refractivity contribution in [3.8, 4) is 28.5 Å². The summed E-state index contributed by atoms with van der Waals surface area (Å²) in [6.07, 6.45) is 0.476. The van der Waals surface area contributed by atoms with Crippen LogP contribution in [0, 0.1) is 5.82 Å². The fourth-order valence-electron chi connectivity index (χ4n) is 2.99. The summed E-state index contributed by atoms with van der Waals surface area (Å²) in [6, 6.07) is 16.5. The van der Waals surface area contributed by atoms with Crippen molar-refractivity contribution in [1.29, 1.82) is 0 Å². The summed E-state index contributed by atoms with van der Waals surface area (Å²) in [4.78, 5) is 18.0. The monoisotopic (exact) mass is 436 g/mol. The van der Waals surface area contributed by atoms with Crippen molar-refractivity contribution in [1.82, 2.24) is 4.98 Å². The zero-order valence-electron chi connectivity index (χ0n) is 16.0. The standard InChI is InChI=1S/C23H17FN2O4S/c24-16-6-1-13(2-7-16)11-20-21(14-3-8-17(27)9-4-14)25-23(31-20)26-22(30)15-5-10-18(28)19(29)12-15/h1-10,12,27-29H,11H2,(H,25,26,30). The lowest BCUT2D eigenvalue weighted by molar-refractivity contribution is 0.102. The lowest BCUT2D eigenvalue weighted by Crippen LogP contribution is -2.11. The first-order valence-electron chi connectivity index (χ1n) is 9.26. The molecule has 8 heteroatoms. The van der Waals surface area contributed by atoms with E-state index in [0.717, 1.165) is 16.0 Å². The molecule has 0 saturated carbocycles. The van der Waals surface area contributed by atoms with Crippen molar-refractivity contribution in [2.24, 2.45) is 0 Å². The number of nitrogens with one attached hydrogen (secondary N) is 1. The lowest BCUT2D eigenvalue weighted by atomic mass is 10.1. The largest absolute Gasteiger partial charge is 0.508 e. The minimum atomic E-state index is -0.491. The highest BCUT2D eigenvalue weighted by atomic mass is 32.1. The maximum absolute atomic E-state index is 13.3. The lowest BCUT2D eigenvalue weighted by Gasteiger charge is -2.03. The van der Waals surface area contributed by atoms with Gasteiger partial charge >= 0.3 is 0 Å². The normalized spacial score (nSPS) is 10.7. The van der Waals surface area contributed by atoms with Gasteiger partial charge in [-0.05, 0) is 60.2 Å². The van der Waals surface area contributed by atoms with E-state index in [0.29, 0.717) is 17.2 Å². The smallest absolute Gasteiger partial charge is 0.257 e. The van der Waals surface area contributed by atoms with Crippen LogP contribution in [0.1, 0.15) is 20.8 Å². The number of phenolic OH excluding ortho intramolecular Hbond substituents is 3. The Morgan fingerprint density at radius 3 is 2.32 bits per heavy atom. The van der Waals surface area contributed by atoms with Gasteiger partial charge in [0.15, 0.2) is 16.6 Å². The number of phenols is 3. The van der Waals surface area contributed by atoms with E-state index < -0.39 is 11.7 Å². The third-order valence-electron chi connectivity index (χ3n) is 4.57. The molecule has 3 aromatic carbocycles. The number of carbonyl (C=O) groups is 1. The highest BCUT2D eigenvalue weighted by Crippen LogP contribution is 2.34. The summed E-state index contributed by atoms with van der Waals surface area (Å²) in [5.41, 5.74) is 2.44. The molecule has 0 aliphatic carbocycles. The van der Waals surface area contributed by atoms with Crippen LogP contribution >= 0.6 is 11.3 Å². The molecule has 0 fully saturated rings. The first-order valence-corrected chi connectivity index (χ1v) is 10.1. The summed E-state index contributed by atoms with van der Waals surface area (Å²) in [5.74, 6) is -1.40. The molecule has 4 N–H and O–H groups in total. The molecule has 0 spiro atoms. The van der Waals surface area contributed by atoms with Crippen LogP contribution in [-0.2, 0) is 6.42 Å². The fraction of sp³-hybridized carbons (Fsp3) is 0.0435. The van der Waals surface area contributed by atoms with E-state index in [1.165, 1.54) is 41.7 Å². The number of aromatic nitrogens is 1. The highest BCUT2D eigenvalue weighted by molar-refractivity contribution is 7.16. The average Bonchev–Trinajstić information content (AvgIpc) is 3.14. The maximum atomic E-state index is 13.3. The molecule has 1 aromatic heterocycles. The van der Waals surface area contributed by atoms with Crippen LogP contribution in [0.15, 0.2) is 66.7 Å². The molecule has 1 amide bonds. The second-order valence-corrected chi connectivity index (χ2v) is 7.88. The molecular weight excluding hydrogens is 419 g/mol. The topological polar surface area (TPSA) is 103 Å². The van der Waals surface area contributed by atoms with Gasteiger partial charge < -0.3 is 15.3 Å². The van der Waals surface area contributed by atoms with E-state index in [1.54, 1.807) is 36.4 Å².